The van der Waals surface area contributed by atoms with E-state index in [1.54, 1.807) is 0 Å². The second kappa shape index (κ2) is 8.85. The summed E-state index contributed by atoms with van der Waals surface area (Å²) in [5.74, 6) is 0.487. The van der Waals surface area contributed by atoms with Crippen molar-refractivity contribution in [3.8, 4) is 22.3 Å². The Labute approximate surface area is 189 Å². The monoisotopic (exact) mass is 426 g/mol. The molecule has 3 heterocycles. The molecule has 32 heavy (non-hydrogen) atoms. The quantitative estimate of drug-likeness (QED) is 0.481. The first-order valence-corrected chi connectivity index (χ1v) is 11.5. The fraction of sp³-hybridized carbons (Fsp3) is 0.333. The number of β-amino-alcohol motifs (C(OH)–C–C–N with tert-alkyl or cyclic N) is 1. The fourth-order valence-electron chi connectivity index (χ4n) is 4.46. The van der Waals surface area contributed by atoms with Gasteiger partial charge in [0, 0.05) is 43.2 Å². The van der Waals surface area contributed by atoms with Gasteiger partial charge in [-0.15, -0.1) is 0 Å². The predicted octanol–water partition coefficient (Wildman–Crippen LogP) is 4.80. The van der Waals surface area contributed by atoms with Crippen LogP contribution < -0.4 is 0 Å². The summed E-state index contributed by atoms with van der Waals surface area (Å²) < 4.78 is 1.87. The van der Waals surface area contributed by atoms with E-state index in [4.69, 9.17) is 4.98 Å². The Morgan fingerprint density at radius 2 is 1.88 bits per heavy atom. The number of nitrogens with zero attached hydrogens (tertiary/aromatic N) is 4. The normalized spacial score (nSPS) is 16.9. The molecular weight excluding hydrogens is 396 g/mol. The molecule has 1 aliphatic heterocycles. The van der Waals surface area contributed by atoms with E-state index in [1.165, 1.54) is 11.1 Å². The number of aliphatic hydroxyl groups excluding tert-OH is 1. The lowest BCUT2D eigenvalue weighted by Crippen LogP contribution is -2.24. The molecule has 0 bridgehead atoms. The molecule has 1 N–H and O–H groups in total. The van der Waals surface area contributed by atoms with Crippen molar-refractivity contribution >= 4 is 5.65 Å². The molecule has 0 saturated carbocycles. The zero-order chi connectivity index (χ0) is 22.1. The van der Waals surface area contributed by atoms with Gasteiger partial charge in [-0.2, -0.15) is 5.10 Å². The molecule has 1 fully saturated rings. The van der Waals surface area contributed by atoms with Crippen LogP contribution >= 0.6 is 0 Å². The minimum absolute atomic E-state index is 0.151. The minimum Gasteiger partial charge on any atom is -0.392 e. The van der Waals surface area contributed by atoms with Gasteiger partial charge in [0.05, 0.1) is 12.3 Å². The minimum atomic E-state index is -0.151. The average molecular weight is 427 g/mol. The van der Waals surface area contributed by atoms with Gasteiger partial charge in [0.15, 0.2) is 5.65 Å². The summed E-state index contributed by atoms with van der Waals surface area (Å²) in [7, 11) is 0. The van der Waals surface area contributed by atoms with Crippen LogP contribution in [-0.4, -0.2) is 50.3 Å². The molecule has 4 aromatic rings. The molecule has 0 amide bonds. The summed E-state index contributed by atoms with van der Waals surface area (Å²) in [4.78, 5) is 7.09. The van der Waals surface area contributed by atoms with Crippen LogP contribution in [0, 0.1) is 0 Å². The summed E-state index contributed by atoms with van der Waals surface area (Å²) in [6.45, 7) is 7.22. The highest BCUT2D eigenvalue weighted by molar-refractivity contribution is 5.78. The van der Waals surface area contributed by atoms with E-state index in [2.05, 4.69) is 78.6 Å². The summed E-state index contributed by atoms with van der Waals surface area (Å²) in [5.41, 5.74) is 7.91. The first-order valence-electron chi connectivity index (χ1n) is 11.5. The maximum absolute atomic E-state index is 9.68. The molecule has 2 aromatic carbocycles. The van der Waals surface area contributed by atoms with Crippen molar-refractivity contribution in [1.29, 1.82) is 0 Å². The van der Waals surface area contributed by atoms with Crippen molar-refractivity contribution in [2.24, 2.45) is 0 Å². The summed E-state index contributed by atoms with van der Waals surface area (Å²) >= 11 is 0. The van der Waals surface area contributed by atoms with Gasteiger partial charge in [-0.05, 0) is 41.0 Å². The number of likely N-dealkylation sites (tertiary alicyclic amines) is 1. The first-order chi connectivity index (χ1) is 15.6. The molecule has 5 nitrogen and oxygen atoms in total. The van der Waals surface area contributed by atoms with E-state index in [9.17, 15) is 5.11 Å². The van der Waals surface area contributed by atoms with Gasteiger partial charge >= 0.3 is 0 Å². The predicted molar refractivity (Wildman–Crippen MR) is 129 cm³/mol. The average Bonchev–Trinajstić information content (AvgIpc) is 3.43. The number of rotatable bonds is 6. The Balaban J connectivity index is 1.34. The van der Waals surface area contributed by atoms with Crippen molar-refractivity contribution < 1.29 is 5.11 Å². The van der Waals surface area contributed by atoms with E-state index < -0.39 is 0 Å². The molecule has 0 aliphatic carbocycles. The number of benzene rings is 2. The maximum atomic E-state index is 9.68. The Morgan fingerprint density at radius 3 is 2.62 bits per heavy atom. The zero-order valence-electron chi connectivity index (χ0n) is 18.8. The van der Waals surface area contributed by atoms with Gasteiger partial charge in [-0.3, -0.25) is 0 Å². The van der Waals surface area contributed by atoms with Crippen LogP contribution in [0.4, 0.5) is 0 Å². The number of aliphatic hydroxyl groups is 1. The fourth-order valence-corrected chi connectivity index (χ4v) is 4.46. The Morgan fingerprint density at radius 1 is 1.03 bits per heavy atom. The van der Waals surface area contributed by atoms with Crippen LogP contribution in [0.25, 0.3) is 27.9 Å². The third-order valence-corrected chi connectivity index (χ3v) is 6.47. The van der Waals surface area contributed by atoms with Gasteiger partial charge < -0.3 is 10.0 Å². The Kier molecular flexibility index (Phi) is 5.77. The highest BCUT2D eigenvalue weighted by atomic mass is 16.3. The molecule has 0 spiro atoms. The van der Waals surface area contributed by atoms with Crippen LogP contribution in [0.2, 0.25) is 0 Å². The molecular formula is C27H30N4O. The molecule has 1 atom stereocenters. The largest absolute Gasteiger partial charge is 0.392 e. The Hall–Kier alpha value is -3.02. The van der Waals surface area contributed by atoms with Crippen molar-refractivity contribution in [1.82, 2.24) is 19.5 Å². The smallest absolute Gasteiger partial charge is 0.162 e. The first kappa shape index (κ1) is 20.9. The van der Waals surface area contributed by atoms with Crippen LogP contribution in [-0.2, 0) is 6.42 Å². The second-order valence-electron chi connectivity index (χ2n) is 9.14. The zero-order valence-corrected chi connectivity index (χ0v) is 18.8. The number of hydrogen-bond donors (Lipinski definition) is 1. The van der Waals surface area contributed by atoms with Crippen molar-refractivity contribution in [2.45, 2.75) is 38.7 Å². The van der Waals surface area contributed by atoms with Crippen LogP contribution in [0.3, 0.4) is 0 Å². The second-order valence-corrected chi connectivity index (χ2v) is 9.14. The van der Waals surface area contributed by atoms with Crippen LogP contribution in [0.15, 0.2) is 67.1 Å². The Bertz CT molecular complexity index is 1210. The van der Waals surface area contributed by atoms with Gasteiger partial charge in [-0.25, -0.2) is 9.50 Å². The van der Waals surface area contributed by atoms with Crippen molar-refractivity contribution in [3.05, 3.63) is 78.2 Å². The van der Waals surface area contributed by atoms with E-state index >= 15 is 0 Å². The molecule has 5 heteroatoms. The summed E-state index contributed by atoms with van der Waals surface area (Å²) in [6, 6.07) is 17.3. The third-order valence-electron chi connectivity index (χ3n) is 6.47. The summed E-state index contributed by atoms with van der Waals surface area (Å²) in [5, 5.41) is 14.3. The van der Waals surface area contributed by atoms with E-state index in [0.717, 1.165) is 60.4 Å². The third kappa shape index (κ3) is 4.31. The number of fused-ring (bicyclic) bond motifs is 1. The van der Waals surface area contributed by atoms with Crippen molar-refractivity contribution in [2.75, 3.05) is 19.6 Å². The SMILES string of the molecule is CC(C)c1cccc(-c2cnn3cc(-c4ccc(CCN5CCC(O)C5)cc4)cnc23)c1. The van der Waals surface area contributed by atoms with E-state index in [-0.39, 0.29) is 6.10 Å². The van der Waals surface area contributed by atoms with E-state index in [0.29, 0.717) is 5.92 Å². The lowest BCUT2D eigenvalue weighted by Gasteiger charge is -2.14. The highest BCUT2D eigenvalue weighted by Gasteiger charge is 2.19. The van der Waals surface area contributed by atoms with E-state index in [1.807, 2.05) is 16.9 Å². The van der Waals surface area contributed by atoms with Gasteiger partial charge in [0.2, 0.25) is 0 Å². The molecule has 1 unspecified atom stereocenters. The topological polar surface area (TPSA) is 53.7 Å². The number of aromatic nitrogens is 3. The molecule has 2 aromatic heterocycles. The van der Waals surface area contributed by atoms with Gasteiger partial charge in [0.1, 0.15) is 0 Å². The van der Waals surface area contributed by atoms with Gasteiger partial charge in [0.25, 0.3) is 0 Å². The van der Waals surface area contributed by atoms with Crippen LogP contribution in [0.1, 0.15) is 37.3 Å². The molecule has 5 rings (SSSR count). The highest BCUT2D eigenvalue weighted by Crippen LogP contribution is 2.28. The summed E-state index contributed by atoms with van der Waals surface area (Å²) in [6.07, 6.45) is 7.65. The van der Waals surface area contributed by atoms with Gasteiger partial charge in [-0.1, -0.05) is 62.4 Å². The lowest BCUT2D eigenvalue weighted by atomic mass is 9.98. The van der Waals surface area contributed by atoms with Crippen LogP contribution in [0.5, 0.6) is 0 Å². The van der Waals surface area contributed by atoms with Crippen molar-refractivity contribution in [3.63, 3.8) is 0 Å². The molecule has 164 valence electrons. The maximum Gasteiger partial charge on any atom is 0.162 e. The standard InChI is InChI=1S/C27H30N4O/c1-19(2)22-4-3-5-23(14-22)26-16-29-31-17-24(15-28-27(26)31)21-8-6-20(7-9-21)10-12-30-13-11-25(32)18-30/h3-9,14-17,19,25,32H,10-13,18H2,1-2H3. The number of hydrogen-bond acceptors (Lipinski definition) is 4. The molecule has 0 radical (unpaired) electrons. The molecule has 1 saturated heterocycles. The molecule has 1 aliphatic rings. The lowest BCUT2D eigenvalue weighted by molar-refractivity contribution is 0.177.